The van der Waals surface area contributed by atoms with Gasteiger partial charge in [0, 0.05) is 58.3 Å². The zero-order chi connectivity index (χ0) is 28.0. The summed E-state index contributed by atoms with van der Waals surface area (Å²) in [6, 6.07) is 16.4. The van der Waals surface area contributed by atoms with Crippen molar-refractivity contribution in [3.05, 3.63) is 106 Å². The number of anilines is 2. The van der Waals surface area contributed by atoms with E-state index in [1.165, 1.54) is 18.2 Å². The van der Waals surface area contributed by atoms with Crippen molar-refractivity contribution in [1.82, 2.24) is 19.8 Å². The number of likely N-dealkylation sites (tertiary alicyclic amines) is 1. The number of hydrogen-bond acceptors (Lipinski definition) is 6. The van der Waals surface area contributed by atoms with Crippen LogP contribution in [-0.2, 0) is 6.54 Å². The summed E-state index contributed by atoms with van der Waals surface area (Å²) in [5.41, 5.74) is 3.67. The van der Waals surface area contributed by atoms with Gasteiger partial charge in [-0.25, -0.2) is 18.7 Å². The van der Waals surface area contributed by atoms with E-state index in [-0.39, 0.29) is 31.2 Å². The number of carbonyl (C=O) groups is 1. The van der Waals surface area contributed by atoms with E-state index in [0.717, 1.165) is 13.1 Å². The highest BCUT2D eigenvalue weighted by molar-refractivity contribution is 6.31. The molecule has 0 bridgehead atoms. The van der Waals surface area contributed by atoms with E-state index < -0.39 is 11.6 Å². The van der Waals surface area contributed by atoms with Gasteiger partial charge in [-0.05, 0) is 62.6 Å². The molecule has 3 heterocycles. The molecule has 0 radical (unpaired) electrons. The molecule has 1 amide bonds. The number of rotatable bonds is 5. The molecule has 2 aliphatic heterocycles. The fourth-order valence-electron chi connectivity index (χ4n) is 4.88. The lowest BCUT2D eigenvalue weighted by Crippen LogP contribution is -2.59. The average Bonchev–Trinajstić information content (AvgIpc) is 3.04. The third kappa shape index (κ3) is 5.42. The van der Waals surface area contributed by atoms with Crippen molar-refractivity contribution in [2.45, 2.75) is 20.0 Å². The fourth-order valence-corrected chi connectivity index (χ4v) is 5.05. The average molecular weight is 575 g/mol. The second kappa shape index (κ2) is 11.3. The van der Waals surface area contributed by atoms with Gasteiger partial charge in [0.15, 0.2) is 0 Å². The van der Waals surface area contributed by atoms with E-state index in [0.29, 0.717) is 50.6 Å². The molecule has 0 atom stereocenters. The topological polar surface area (TPSA) is 73.7 Å². The second-order valence-electron chi connectivity index (χ2n) is 10.0. The van der Waals surface area contributed by atoms with Crippen molar-refractivity contribution in [2.24, 2.45) is 4.99 Å². The summed E-state index contributed by atoms with van der Waals surface area (Å²) in [5, 5.41) is 3.59. The monoisotopic (exact) mass is 574 g/mol. The Labute approximate surface area is 242 Å². The molecule has 1 aromatic heterocycles. The molecule has 0 unspecified atom stereocenters. The van der Waals surface area contributed by atoms with E-state index in [1.54, 1.807) is 48.7 Å². The Morgan fingerprint density at radius 1 is 1.02 bits per heavy atom. The van der Waals surface area contributed by atoms with Crippen molar-refractivity contribution < 1.29 is 13.6 Å². The van der Waals surface area contributed by atoms with Crippen LogP contribution in [0.25, 0.3) is 11.3 Å². The number of aliphatic imine (C=N–C) groups is 1. The SMILES string of the molecule is C.CN(C)C1CN(C(=O)c2ccc(Nc3ncc4c(n3)-c3ccc(Cl)cc3C(c3c(F)cccc3F)=NC4)cc2)C1. The maximum Gasteiger partial charge on any atom is 0.253 e. The lowest BCUT2D eigenvalue weighted by Gasteiger charge is -2.42. The predicted molar refractivity (Wildman–Crippen MR) is 158 cm³/mol. The molecule has 0 saturated carbocycles. The first kappa shape index (κ1) is 28.3. The molecule has 10 heteroatoms. The highest BCUT2D eigenvalue weighted by Crippen LogP contribution is 2.34. The molecule has 210 valence electrons. The van der Waals surface area contributed by atoms with E-state index in [4.69, 9.17) is 16.6 Å². The number of fused-ring (bicyclic) bond motifs is 3. The Bertz CT molecular complexity index is 1630. The number of likely N-dealkylation sites (N-methyl/N-ethyl adjacent to an activating group) is 1. The zero-order valence-electron chi connectivity index (χ0n) is 21.8. The van der Waals surface area contributed by atoms with Crippen LogP contribution in [0.15, 0.2) is 71.9 Å². The standard InChI is InChI=1S/C30H25ClF2N6O.CH4/c1-38(2)21-15-39(16-21)29(40)17-6-9-20(10-7-17)36-30-35-14-18-13-34-28(26-24(32)4-3-5-25(26)33)23-12-19(31)8-11-22(23)27(18)37-30;/h3-12,14,21H,13,15-16H2,1-2H3,(H,35,36,37);1H4. The molecule has 6 rings (SSSR count). The summed E-state index contributed by atoms with van der Waals surface area (Å²) in [7, 11) is 4.03. The molecule has 3 aromatic carbocycles. The van der Waals surface area contributed by atoms with Gasteiger partial charge in [-0.1, -0.05) is 31.2 Å². The molecule has 7 nitrogen and oxygen atoms in total. The van der Waals surface area contributed by atoms with Crippen LogP contribution in [0.4, 0.5) is 20.4 Å². The molecule has 2 aliphatic rings. The summed E-state index contributed by atoms with van der Waals surface area (Å²) in [4.78, 5) is 30.5. The van der Waals surface area contributed by atoms with Gasteiger partial charge in [-0.2, -0.15) is 0 Å². The third-order valence-electron chi connectivity index (χ3n) is 7.23. The number of nitrogens with zero attached hydrogens (tertiary/aromatic N) is 5. The Hall–Kier alpha value is -4.21. The van der Waals surface area contributed by atoms with Gasteiger partial charge < -0.3 is 15.1 Å². The van der Waals surface area contributed by atoms with Gasteiger partial charge >= 0.3 is 0 Å². The van der Waals surface area contributed by atoms with Crippen LogP contribution in [0.1, 0.15) is 34.5 Å². The minimum Gasteiger partial charge on any atom is -0.335 e. The molecule has 1 fully saturated rings. The first-order valence-corrected chi connectivity index (χ1v) is 13.1. The van der Waals surface area contributed by atoms with E-state index in [1.807, 2.05) is 19.0 Å². The minimum atomic E-state index is -0.711. The van der Waals surface area contributed by atoms with Crippen LogP contribution in [-0.4, -0.2) is 64.6 Å². The summed E-state index contributed by atoms with van der Waals surface area (Å²) < 4.78 is 29.6. The Morgan fingerprint density at radius 2 is 1.73 bits per heavy atom. The number of nitrogens with one attached hydrogen (secondary N) is 1. The quantitative estimate of drug-likeness (QED) is 0.308. The van der Waals surface area contributed by atoms with Crippen molar-refractivity contribution >= 4 is 34.9 Å². The largest absolute Gasteiger partial charge is 0.335 e. The van der Waals surface area contributed by atoms with Crippen molar-refractivity contribution in [1.29, 1.82) is 0 Å². The number of benzene rings is 3. The normalized spacial score (nSPS) is 14.3. The Kier molecular flexibility index (Phi) is 7.84. The molecule has 1 saturated heterocycles. The van der Waals surface area contributed by atoms with Crippen LogP contribution in [0.2, 0.25) is 5.02 Å². The van der Waals surface area contributed by atoms with Gasteiger partial charge in [0.05, 0.1) is 23.5 Å². The smallest absolute Gasteiger partial charge is 0.253 e. The van der Waals surface area contributed by atoms with Crippen molar-refractivity contribution in [3.8, 4) is 11.3 Å². The molecule has 0 spiro atoms. The van der Waals surface area contributed by atoms with E-state index >= 15 is 0 Å². The van der Waals surface area contributed by atoms with E-state index in [9.17, 15) is 13.6 Å². The fraction of sp³-hybridized carbons (Fsp3) is 0.226. The highest BCUT2D eigenvalue weighted by atomic mass is 35.5. The third-order valence-corrected chi connectivity index (χ3v) is 7.47. The molecule has 1 N–H and O–H groups in total. The molecular formula is C31H29ClF2N6O. The van der Waals surface area contributed by atoms with Crippen LogP contribution in [0.3, 0.4) is 0 Å². The number of hydrogen-bond donors (Lipinski definition) is 1. The van der Waals surface area contributed by atoms with Gasteiger partial charge in [-0.3, -0.25) is 9.79 Å². The summed E-state index contributed by atoms with van der Waals surface area (Å²) in [5.74, 6) is -1.09. The molecule has 4 aromatic rings. The maximum atomic E-state index is 14.8. The van der Waals surface area contributed by atoms with Crippen LogP contribution >= 0.6 is 11.6 Å². The predicted octanol–water partition coefficient (Wildman–Crippen LogP) is 6.19. The van der Waals surface area contributed by atoms with Gasteiger partial charge in [0.2, 0.25) is 5.95 Å². The number of halogens is 3. The minimum absolute atomic E-state index is 0. The van der Waals surface area contributed by atoms with Crippen LogP contribution in [0, 0.1) is 11.6 Å². The van der Waals surface area contributed by atoms with Gasteiger partial charge in [0.25, 0.3) is 5.91 Å². The van der Waals surface area contributed by atoms with Gasteiger partial charge in [0.1, 0.15) is 11.6 Å². The van der Waals surface area contributed by atoms with Crippen LogP contribution < -0.4 is 5.32 Å². The summed E-state index contributed by atoms with van der Waals surface area (Å²) in [6.45, 7) is 1.57. The van der Waals surface area contributed by atoms with Crippen molar-refractivity contribution in [3.63, 3.8) is 0 Å². The molecule has 0 aliphatic carbocycles. The Balaban J connectivity index is 0.00000337. The van der Waals surface area contributed by atoms with E-state index in [2.05, 4.69) is 20.2 Å². The first-order valence-electron chi connectivity index (χ1n) is 12.8. The summed E-state index contributed by atoms with van der Waals surface area (Å²) in [6.07, 6.45) is 1.65. The zero-order valence-corrected chi connectivity index (χ0v) is 22.6. The first-order chi connectivity index (χ1) is 19.3. The van der Waals surface area contributed by atoms with Gasteiger partial charge in [-0.15, -0.1) is 0 Å². The molecule has 41 heavy (non-hydrogen) atoms. The van der Waals surface area contributed by atoms with Crippen LogP contribution in [0.5, 0.6) is 0 Å². The lowest BCUT2D eigenvalue weighted by molar-refractivity contribution is 0.0399. The second-order valence-corrected chi connectivity index (χ2v) is 10.5. The maximum absolute atomic E-state index is 14.8. The lowest BCUT2D eigenvalue weighted by atomic mass is 9.95. The highest BCUT2D eigenvalue weighted by Gasteiger charge is 2.32. The number of aromatic nitrogens is 2. The Morgan fingerprint density at radius 3 is 2.41 bits per heavy atom. The summed E-state index contributed by atoms with van der Waals surface area (Å²) >= 11 is 6.30. The van der Waals surface area contributed by atoms with Crippen molar-refractivity contribution in [2.75, 3.05) is 32.5 Å². The number of amides is 1. The molecular weight excluding hydrogens is 546 g/mol. The number of carbonyl (C=O) groups excluding carboxylic acids is 1.